The van der Waals surface area contributed by atoms with Crippen molar-refractivity contribution in [2.24, 2.45) is 23.7 Å². The molecule has 4 fully saturated rings. The Bertz CT molecular complexity index is 520. The first-order valence-electron chi connectivity index (χ1n) is 7.78. The Labute approximate surface area is 118 Å². The molecule has 4 aliphatic rings. The van der Waals surface area contributed by atoms with E-state index < -0.39 is 5.97 Å². The monoisotopic (exact) mass is 275 g/mol. The molecule has 4 bridgehead atoms. The molecule has 1 aromatic heterocycles. The molecule has 1 aromatic rings. The van der Waals surface area contributed by atoms with Crippen LogP contribution in [0.5, 0.6) is 0 Å². The van der Waals surface area contributed by atoms with Gasteiger partial charge in [-0.25, -0.2) is 4.98 Å². The van der Waals surface area contributed by atoms with Crippen LogP contribution in [-0.2, 0) is 11.2 Å². The lowest BCUT2D eigenvalue weighted by Gasteiger charge is -2.53. The van der Waals surface area contributed by atoms with E-state index in [1.54, 1.807) is 0 Å². The highest BCUT2D eigenvalue weighted by atomic mass is 16.4. The van der Waals surface area contributed by atoms with E-state index in [2.05, 4.69) is 4.98 Å². The Hall–Kier alpha value is -1.32. The van der Waals surface area contributed by atoms with Crippen molar-refractivity contribution in [1.82, 2.24) is 4.98 Å². The lowest BCUT2D eigenvalue weighted by atomic mass is 9.52. The molecule has 0 spiro atoms. The molecule has 1 N–H and O–H groups in total. The summed E-state index contributed by atoms with van der Waals surface area (Å²) in [6, 6.07) is 0. The van der Waals surface area contributed by atoms with Crippen LogP contribution in [0.2, 0.25) is 0 Å². The predicted molar refractivity (Wildman–Crippen MR) is 72.4 cm³/mol. The fourth-order valence-electron chi connectivity index (χ4n) is 5.23. The van der Waals surface area contributed by atoms with Crippen molar-refractivity contribution in [2.75, 3.05) is 0 Å². The van der Waals surface area contributed by atoms with E-state index in [1.165, 1.54) is 32.1 Å². The minimum absolute atomic E-state index is 0.0252. The fraction of sp³-hybridized carbons (Fsp3) is 0.750. The third-order valence-electron chi connectivity index (χ3n) is 5.74. The summed E-state index contributed by atoms with van der Waals surface area (Å²) in [7, 11) is 0. The van der Waals surface area contributed by atoms with Gasteiger partial charge in [0.05, 0.1) is 12.1 Å². The van der Waals surface area contributed by atoms with Crippen LogP contribution in [0.4, 0.5) is 0 Å². The summed E-state index contributed by atoms with van der Waals surface area (Å²) in [5.74, 6) is 4.45. The number of nitrogens with zero attached hydrogens (tertiary/aromatic N) is 1. The van der Waals surface area contributed by atoms with Crippen LogP contribution in [0.1, 0.15) is 55.4 Å². The highest BCUT2D eigenvalue weighted by Crippen LogP contribution is 2.59. The number of hydrogen-bond acceptors (Lipinski definition) is 3. The van der Waals surface area contributed by atoms with Crippen molar-refractivity contribution in [3.63, 3.8) is 0 Å². The maximum absolute atomic E-state index is 10.9. The summed E-state index contributed by atoms with van der Waals surface area (Å²) in [6.45, 7) is 1.84. The first-order chi connectivity index (χ1) is 9.60. The minimum atomic E-state index is -0.835. The number of hydrogen-bond donors (Lipinski definition) is 1. The van der Waals surface area contributed by atoms with Crippen LogP contribution in [0, 0.1) is 30.6 Å². The molecule has 5 rings (SSSR count). The van der Waals surface area contributed by atoms with E-state index in [0.29, 0.717) is 17.4 Å². The average Bonchev–Trinajstić information content (AvgIpc) is 2.68. The van der Waals surface area contributed by atoms with E-state index in [1.807, 2.05) is 6.92 Å². The molecule has 4 nitrogen and oxygen atoms in total. The Morgan fingerprint density at radius 3 is 2.35 bits per heavy atom. The lowest BCUT2D eigenvalue weighted by molar-refractivity contribution is -0.136. The second-order valence-electron chi connectivity index (χ2n) is 7.08. The van der Waals surface area contributed by atoms with Gasteiger partial charge < -0.3 is 9.52 Å². The number of carboxylic acids is 1. The molecule has 0 saturated heterocycles. The molecule has 0 aromatic carbocycles. The maximum Gasteiger partial charge on any atom is 0.309 e. The molecule has 4 heteroatoms. The predicted octanol–water partition coefficient (Wildman–Crippen LogP) is 3.15. The molecule has 0 amide bonds. The third-order valence-corrected chi connectivity index (χ3v) is 5.74. The summed E-state index contributed by atoms with van der Waals surface area (Å²) in [5, 5.41) is 8.93. The minimum Gasteiger partial charge on any atom is -0.481 e. The van der Waals surface area contributed by atoms with Crippen LogP contribution in [0.25, 0.3) is 0 Å². The quantitative estimate of drug-likeness (QED) is 0.920. The van der Waals surface area contributed by atoms with Crippen LogP contribution in [0.3, 0.4) is 0 Å². The molecule has 0 radical (unpaired) electrons. The van der Waals surface area contributed by atoms with Crippen molar-refractivity contribution < 1.29 is 14.3 Å². The normalized spacial score (nSPS) is 38.4. The van der Waals surface area contributed by atoms with Crippen LogP contribution in [-0.4, -0.2) is 16.1 Å². The number of oxazole rings is 1. The van der Waals surface area contributed by atoms with Gasteiger partial charge in [-0.1, -0.05) is 0 Å². The fourth-order valence-corrected chi connectivity index (χ4v) is 5.23. The summed E-state index contributed by atoms with van der Waals surface area (Å²) in [4.78, 5) is 15.4. The second-order valence-corrected chi connectivity index (χ2v) is 7.08. The third kappa shape index (κ3) is 1.88. The number of rotatable bonds is 3. The summed E-state index contributed by atoms with van der Waals surface area (Å²) in [5.41, 5.74) is 0.612. The zero-order valence-corrected chi connectivity index (χ0v) is 11.8. The average molecular weight is 275 g/mol. The summed E-state index contributed by atoms with van der Waals surface area (Å²) < 4.78 is 5.87. The molecular formula is C16H21NO3. The van der Waals surface area contributed by atoms with Gasteiger partial charge in [0, 0.05) is 5.92 Å². The number of aromatic nitrogens is 1. The molecule has 108 valence electrons. The highest BCUT2D eigenvalue weighted by Gasteiger charge is 2.50. The highest BCUT2D eigenvalue weighted by molar-refractivity contribution is 5.69. The van der Waals surface area contributed by atoms with Crippen LogP contribution in [0.15, 0.2) is 4.42 Å². The zero-order valence-electron chi connectivity index (χ0n) is 11.8. The zero-order chi connectivity index (χ0) is 13.9. The van der Waals surface area contributed by atoms with Crippen molar-refractivity contribution in [3.05, 3.63) is 17.3 Å². The van der Waals surface area contributed by atoms with Gasteiger partial charge >= 0.3 is 5.97 Å². The van der Waals surface area contributed by atoms with Gasteiger partial charge in [-0.2, -0.15) is 0 Å². The van der Waals surface area contributed by atoms with E-state index >= 15 is 0 Å². The topological polar surface area (TPSA) is 63.3 Å². The second kappa shape index (κ2) is 4.34. The van der Waals surface area contributed by atoms with Gasteiger partial charge in [0.15, 0.2) is 5.89 Å². The molecule has 1 heterocycles. The van der Waals surface area contributed by atoms with Gasteiger partial charge in [0.2, 0.25) is 0 Å². The number of carboxylic acid groups (broad SMARTS) is 1. The summed E-state index contributed by atoms with van der Waals surface area (Å²) >= 11 is 0. The SMILES string of the molecule is Cc1oc(C2C3CC4CC(C3)CC2C4)nc1CC(=O)O. The van der Waals surface area contributed by atoms with E-state index in [9.17, 15) is 4.79 Å². The Balaban J connectivity index is 1.63. The first-order valence-corrected chi connectivity index (χ1v) is 7.78. The van der Waals surface area contributed by atoms with E-state index in [-0.39, 0.29) is 6.42 Å². The number of carbonyl (C=O) groups is 1. The van der Waals surface area contributed by atoms with Crippen LogP contribution < -0.4 is 0 Å². The smallest absolute Gasteiger partial charge is 0.309 e. The first kappa shape index (κ1) is 12.4. The summed E-state index contributed by atoms with van der Waals surface area (Å²) in [6.07, 6.45) is 6.72. The Morgan fingerprint density at radius 2 is 1.80 bits per heavy atom. The standard InChI is InChI=1S/C16H21NO3/c1-8-13(7-14(18)19)17-16(20-8)15-11-3-9-2-10(5-11)6-12(15)4-9/h9-12,15H,2-7H2,1H3,(H,18,19). The van der Waals surface area contributed by atoms with Gasteiger partial charge in [-0.3, -0.25) is 4.79 Å². The number of aliphatic carboxylic acids is 1. The maximum atomic E-state index is 10.9. The van der Waals surface area contributed by atoms with Crippen molar-refractivity contribution in [1.29, 1.82) is 0 Å². The molecule has 4 saturated carbocycles. The van der Waals surface area contributed by atoms with Gasteiger partial charge in [-0.05, 0) is 62.7 Å². The molecule has 0 atom stereocenters. The van der Waals surface area contributed by atoms with Gasteiger partial charge in [-0.15, -0.1) is 0 Å². The van der Waals surface area contributed by atoms with Crippen molar-refractivity contribution in [2.45, 2.75) is 51.4 Å². The van der Waals surface area contributed by atoms with Crippen LogP contribution >= 0.6 is 0 Å². The van der Waals surface area contributed by atoms with Gasteiger partial charge in [0.1, 0.15) is 5.76 Å². The number of aryl methyl sites for hydroxylation is 1. The van der Waals surface area contributed by atoms with E-state index in [4.69, 9.17) is 9.52 Å². The van der Waals surface area contributed by atoms with Crippen molar-refractivity contribution >= 4 is 5.97 Å². The molecule has 0 unspecified atom stereocenters. The molecule has 20 heavy (non-hydrogen) atoms. The lowest BCUT2D eigenvalue weighted by Crippen LogP contribution is -2.43. The Kier molecular flexibility index (Phi) is 2.69. The molecular weight excluding hydrogens is 254 g/mol. The molecule has 4 aliphatic carbocycles. The van der Waals surface area contributed by atoms with E-state index in [0.717, 1.165) is 29.6 Å². The Morgan fingerprint density at radius 1 is 1.20 bits per heavy atom. The van der Waals surface area contributed by atoms with Gasteiger partial charge in [0.25, 0.3) is 0 Å². The largest absolute Gasteiger partial charge is 0.481 e. The molecule has 0 aliphatic heterocycles. The van der Waals surface area contributed by atoms with Crippen molar-refractivity contribution in [3.8, 4) is 0 Å².